The third-order valence-electron chi connectivity index (χ3n) is 3.33. The van der Waals surface area contributed by atoms with E-state index in [0.29, 0.717) is 11.1 Å². The van der Waals surface area contributed by atoms with Gasteiger partial charge >= 0.3 is 18.1 Å². The van der Waals surface area contributed by atoms with Crippen molar-refractivity contribution >= 4 is 11.9 Å². The maximum atomic E-state index is 12.5. The summed E-state index contributed by atoms with van der Waals surface area (Å²) in [6.07, 6.45) is -4.72. The number of benzene rings is 1. The predicted molar refractivity (Wildman–Crippen MR) is 84.8 cm³/mol. The van der Waals surface area contributed by atoms with Gasteiger partial charge in [-0.15, -0.1) is 0 Å². The lowest BCUT2D eigenvalue weighted by Crippen LogP contribution is -2.43. The molecule has 146 valence electrons. The molecule has 0 bridgehead atoms. The summed E-state index contributed by atoms with van der Waals surface area (Å²) in [5.41, 5.74) is 0.932. The van der Waals surface area contributed by atoms with Crippen LogP contribution in [0.5, 0.6) is 0 Å². The van der Waals surface area contributed by atoms with Crippen molar-refractivity contribution in [1.82, 2.24) is 25.8 Å². The van der Waals surface area contributed by atoms with Gasteiger partial charge < -0.3 is 15.2 Å². The first kappa shape index (κ1) is 20.2. The Labute approximate surface area is 151 Å². The Morgan fingerprint density at radius 1 is 1.26 bits per heavy atom. The summed E-state index contributed by atoms with van der Waals surface area (Å²) in [7, 11) is 2.72. The minimum Gasteiger partial charge on any atom is -0.358 e. The molecule has 27 heavy (non-hydrogen) atoms. The molecule has 0 saturated carbocycles. The molecule has 12 heteroatoms. The highest BCUT2D eigenvalue weighted by atomic mass is 19.4. The maximum Gasteiger partial charge on any atom is 0.471 e. The second-order valence-electron chi connectivity index (χ2n) is 5.17. The fourth-order valence-electron chi connectivity index (χ4n) is 1.93. The quantitative estimate of drug-likeness (QED) is 0.729. The smallest absolute Gasteiger partial charge is 0.358 e. The highest BCUT2D eigenvalue weighted by Gasteiger charge is 2.38. The molecule has 0 spiro atoms. The van der Waals surface area contributed by atoms with Crippen LogP contribution in [0.2, 0.25) is 0 Å². The summed E-state index contributed by atoms with van der Waals surface area (Å²) in [5, 5.41) is 9.00. The van der Waals surface area contributed by atoms with Crippen molar-refractivity contribution in [3.8, 4) is 11.4 Å². The number of alkyl halides is 3. The minimum absolute atomic E-state index is 0.0381. The summed E-state index contributed by atoms with van der Waals surface area (Å²) in [6.45, 7) is -0.177. The molecule has 0 saturated heterocycles. The third kappa shape index (κ3) is 5.41. The lowest BCUT2D eigenvalue weighted by Gasteiger charge is -2.20. The van der Waals surface area contributed by atoms with Gasteiger partial charge in [-0.25, -0.2) is 4.79 Å². The first-order valence-corrected chi connectivity index (χ1v) is 7.55. The van der Waals surface area contributed by atoms with Crippen LogP contribution in [0.1, 0.15) is 11.5 Å². The summed E-state index contributed by atoms with van der Waals surface area (Å²) < 4.78 is 41.7. The van der Waals surface area contributed by atoms with Crippen LogP contribution in [-0.4, -0.2) is 47.8 Å². The van der Waals surface area contributed by atoms with E-state index < -0.39 is 18.1 Å². The number of carbonyl (C=O) groups is 2. The number of amides is 3. The van der Waals surface area contributed by atoms with Crippen LogP contribution in [0.25, 0.3) is 11.4 Å². The molecule has 0 fully saturated rings. The highest BCUT2D eigenvalue weighted by Crippen LogP contribution is 2.29. The van der Waals surface area contributed by atoms with Crippen LogP contribution < -0.4 is 10.6 Å². The zero-order valence-electron chi connectivity index (χ0n) is 14.3. The Morgan fingerprint density at radius 2 is 1.93 bits per heavy atom. The summed E-state index contributed by atoms with van der Waals surface area (Å²) in [4.78, 5) is 31.4. The van der Waals surface area contributed by atoms with Crippen LogP contribution in [0.4, 0.5) is 18.0 Å². The number of hydroxylamine groups is 2. The van der Waals surface area contributed by atoms with Crippen molar-refractivity contribution in [2.45, 2.75) is 12.7 Å². The van der Waals surface area contributed by atoms with Crippen LogP contribution in [0.3, 0.4) is 0 Å². The van der Waals surface area contributed by atoms with Gasteiger partial charge in [-0.3, -0.25) is 9.63 Å². The molecule has 0 aliphatic heterocycles. The van der Waals surface area contributed by atoms with Gasteiger partial charge in [0.05, 0.1) is 20.2 Å². The number of hydrogen-bond donors (Lipinski definition) is 2. The second-order valence-corrected chi connectivity index (χ2v) is 5.17. The fraction of sp³-hybridized carbons (Fsp3) is 0.333. The number of urea groups is 1. The van der Waals surface area contributed by atoms with E-state index in [0.717, 1.165) is 5.06 Å². The van der Waals surface area contributed by atoms with Gasteiger partial charge in [0.15, 0.2) is 0 Å². The van der Waals surface area contributed by atoms with Crippen molar-refractivity contribution < 1.29 is 32.1 Å². The number of nitrogens with zero attached hydrogens (tertiary/aromatic N) is 3. The number of carbonyl (C=O) groups excluding carboxylic acids is 2. The van der Waals surface area contributed by atoms with E-state index in [2.05, 4.69) is 25.3 Å². The topological polar surface area (TPSA) is 110 Å². The van der Waals surface area contributed by atoms with Crippen LogP contribution in [-0.2, 0) is 22.4 Å². The Balaban J connectivity index is 2.02. The molecule has 1 heterocycles. The molecule has 0 aliphatic carbocycles. The summed E-state index contributed by atoms with van der Waals surface area (Å²) in [5.74, 6) is -2.01. The largest absolute Gasteiger partial charge is 0.471 e. The van der Waals surface area contributed by atoms with Gasteiger partial charge in [-0.1, -0.05) is 29.4 Å². The molecule has 2 aromatic rings. The Kier molecular flexibility index (Phi) is 6.34. The average molecular weight is 387 g/mol. The standard InChI is InChI=1S/C15H16F3N5O4/c1-19-11(24)7-20-14(25)23(26-2)8-9-3-5-10(6-4-9)12-21-13(27-22-12)15(16,17)18/h3-6H,7-8H2,1-2H3,(H,19,24)(H,20,25). The lowest BCUT2D eigenvalue weighted by molar-refractivity contribution is -0.159. The number of nitrogens with one attached hydrogen (secondary N) is 2. The molecule has 1 aromatic carbocycles. The van der Waals surface area contributed by atoms with E-state index in [9.17, 15) is 22.8 Å². The third-order valence-corrected chi connectivity index (χ3v) is 3.33. The first-order chi connectivity index (χ1) is 12.7. The minimum atomic E-state index is -4.72. The molecule has 0 aliphatic rings. The number of likely N-dealkylation sites (N-methyl/N-ethyl adjacent to an activating group) is 1. The zero-order chi connectivity index (χ0) is 20.0. The van der Waals surface area contributed by atoms with Crippen LogP contribution >= 0.6 is 0 Å². The second kappa shape index (κ2) is 8.49. The van der Waals surface area contributed by atoms with Crippen molar-refractivity contribution in [1.29, 1.82) is 0 Å². The van der Waals surface area contributed by atoms with Crippen LogP contribution in [0.15, 0.2) is 28.8 Å². The van der Waals surface area contributed by atoms with E-state index in [4.69, 9.17) is 4.84 Å². The molecular weight excluding hydrogens is 371 g/mol. The molecule has 2 N–H and O–H groups in total. The van der Waals surface area contributed by atoms with Gasteiger partial charge in [0.1, 0.15) is 0 Å². The zero-order valence-corrected chi connectivity index (χ0v) is 14.3. The molecule has 9 nitrogen and oxygen atoms in total. The summed E-state index contributed by atoms with van der Waals surface area (Å²) >= 11 is 0. The maximum absolute atomic E-state index is 12.5. The number of rotatable bonds is 6. The Bertz CT molecular complexity index is 791. The van der Waals surface area contributed by atoms with Crippen LogP contribution in [0, 0.1) is 0 Å². The molecule has 3 amide bonds. The van der Waals surface area contributed by atoms with E-state index in [1.165, 1.54) is 26.3 Å². The molecule has 0 unspecified atom stereocenters. The molecule has 1 aromatic heterocycles. The van der Waals surface area contributed by atoms with Crippen molar-refractivity contribution in [3.05, 3.63) is 35.7 Å². The number of aromatic nitrogens is 2. The molecule has 2 rings (SSSR count). The van der Waals surface area contributed by atoms with Gasteiger partial charge in [0, 0.05) is 12.6 Å². The van der Waals surface area contributed by atoms with E-state index >= 15 is 0 Å². The Morgan fingerprint density at radius 3 is 2.44 bits per heavy atom. The SMILES string of the molecule is CNC(=O)CNC(=O)N(Cc1ccc(-c2noc(C(F)(F)F)n2)cc1)OC. The van der Waals surface area contributed by atoms with E-state index in [1.807, 2.05) is 0 Å². The highest BCUT2D eigenvalue weighted by molar-refractivity contribution is 5.83. The summed E-state index contributed by atoms with van der Waals surface area (Å²) in [6, 6.07) is 5.47. The monoisotopic (exact) mass is 387 g/mol. The molecule has 0 radical (unpaired) electrons. The van der Waals surface area contributed by atoms with Gasteiger partial charge in [0.25, 0.3) is 0 Å². The molecule has 0 atom stereocenters. The van der Waals surface area contributed by atoms with E-state index in [-0.39, 0.29) is 24.8 Å². The van der Waals surface area contributed by atoms with Crippen molar-refractivity contribution in [2.75, 3.05) is 20.7 Å². The average Bonchev–Trinajstić information content (AvgIpc) is 3.15. The van der Waals surface area contributed by atoms with Crippen molar-refractivity contribution in [3.63, 3.8) is 0 Å². The van der Waals surface area contributed by atoms with Crippen molar-refractivity contribution in [2.24, 2.45) is 0 Å². The predicted octanol–water partition coefficient (Wildman–Crippen LogP) is 1.57. The number of halogens is 3. The lowest BCUT2D eigenvalue weighted by atomic mass is 10.1. The normalized spacial score (nSPS) is 11.1. The fourth-order valence-corrected chi connectivity index (χ4v) is 1.93. The first-order valence-electron chi connectivity index (χ1n) is 7.55. The Hall–Kier alpha value is -3.15. The van der Waals surface area contributed by atoms with Gasteiger partial charge in [0.2, 0.25) is 11.7 Å². The van der Waals surface area contributed by atoms with Gasteiger partial charge in [-0.05, 0) is 5.56 Å². The number of hydrogen-bond acceptors (Lipinski definition) is 6. The molecular formula is C15H16F3N5O4. The van der Waals surface area contributed by atoms with Gasteiger partial charge in [-0.2, -0.15) is 23.2 Å². The van der Waals surface area contributed by atoms with E-state index in [1.54, 1.807) is 12.1 Å².